The Labute approximate surface area is 170 Å². The van der Waals surface area contributed by atoms with Gasteiger partial charge in [0.25, 0.3) is 5.91 Å². The van der Waals surface area contributed by atoms with Crippen molar-refractivity contribution < 1.29 is 4.79 Å². The van der Waals surface area contributed by atoms with Gasteiger partial charge in [0.15, 0.2) is 0 Å². The summed E-state index contributed by atoms with van der Waals surface area (Å²) in [4.78, 5) is 15.0. The quantitative estimate of drug-likeness (QED) is 0.788. The van der Waals surface area contributed by atoms with Gasteiger partial charge in [0.05, 0.1) is 11.6 Å². The molecule has 1 N–H and O–H groups in total. The first-order chi connectivity index (χ1) is 13.7. The van der Waals surface area contributed by atoms with E-state index in [0.717, 1.165) is 48.4 Å². The third-order valence-electron chi connectivity index (χ3n) is 5.54. The standard InChI is InChI=1S/C23H22ClN3O/c24-18-9-5-16(6-10-18)13-14-27-22(20-3-1-2-4-21(20)23(27)28)26-19-11-7-17(15-25)8-12-19/h5-12,22,26H,1-4,13-14H2/t22-/m0/s1. The number of carbonyl (C=O) groups excluding carboxylic acids is 1. The topological polar surface area (TPSA) is 56.1 Å². The van der Waals surface area contributed by atoms with Gasteiger partial charge in [-0.2, -0.15) is 5.26 Å². The maximum Gasteiger partial charge on any atom is 0.251 e. The van der Waals surface area contributed by atoms with Crippen LogP contribution in [0.5, 0.6) is 0 Å². The van der Waals surface area contributed by atoms with E-state index in [0.29, 0.717) is 12.1 Å². The van der Waals surface area contributed by atoms with Gasteiger partial charge in [0.2, 0.25) is 0 Å². The second kappa shape index (κ2) is 8.08. The van der Waals surface area contributed by atoms with Crippen LogP contribution in [-0.4, -0.2) is 23.5 Å². The SMILES string of the molecule is N#Cc1ccc(N[C@@H]2C3=C(CCCC3)C(=O)N2CCc2ccc(Cl)cc2)cc1. The van der Waals surface area contributed by atoms with E-state index in [9.17, 15) is 4.79 Å². The number of amides is 1. The van der Waals surface area contributed by atoms with Crippen LogP contribution in [0.4, 0.5) is 5.69 Å². The molecule has 1 atom stereocenters. The first-order valence-corrected chi connectivity index (χ1v) is 10.1. The van der Waals surface area contributed by atoms with Crippen LogP contribution < -0.4 is 5.32 Å². The average molecular weight is 392 g/mol. The second-order valence-electron chi connectivity index (χ2n) is 7.32. The summed E-state index contributed by atoms with van der Waals surface area (Å²) in [5, 5.41) is 13.3. The minimum Gasteiger partial charge on any atom is -0.362 e. The van der Waals surface area contributed by atoms with Gasteiger partial charge >= 0.3 is 0 Å². The predicted octanol–water partition coefficient (Wildman–Crippen LogP) is 4.91. The molecule has 2 aliphatic rings. The van der Waals surface area contributed by atoms with E-state index in [1.165, 1.54) is 11.1 Å². The molecule has 1 amide bonds. The molecule has 0 aromatic heterocycles. The van der Waals surface area contributed by atoms with Crippen molar-refractivity contribution in [1.29, 1.82) is 5.26 Å². The highest BCUT2D eigenvalue weighted by Gasteiger charge is 2.39. The van der Waals surface area contributed by atoms with Gasteiger partial charge in [-0.05, 0) is 79.6 Å². The Morgan fingerprint density at radius 1 is 1.07 bits per heavy atom. The first kappa shape index (κ1) is 18.6. The van der Waals surface area contributed by atoms with Crippen molar-refractivity contribution >= 4 is 23.2 Å². The lowest BCUT2D eigenvalue weighted by atomic mass is 9.92. The average Bonchev–Trinajstić information content (AvgIpc) is 3.00. The molecular weight excluding hydrogens is 370 g/mol. The lowest BCUT2D eigenvalue weighted by molar-refractivity contribution is -0.126. The molecular formula is C23H22ClN3O. The Balaban J connectivity index is 1.55. The summed E-state index contributed by atoms with van der Waals surface area (Å²) in [6.45, 7) is 0.654. The number of carbonyl (C=O) groups is 1. The zero-order valence-electron chi connectivity index (χ0n) is 15.6. The molecule has 0 bridgehead atoms. The summed E-state index contributed by atoms with van der Waals surface area (Å²) in [5.41, 5.74) is 4.95. The highest BCUT2D eigenvalue weighted by Crippen LogP contribution is 2.37. The zero-order chi connectivity index (χ0) is 19.5. The van der Waals surface area contributed by atoms with E-state index in [1.807, 2.05) is 41.3 Å². The normalized spacial score (nSPS) is 18.8. The number of halogens is 1. The molecule has 0 spiro atoms. The van der Waals surface area contributed by atoms with E-state index < -0.39 is 0 Å². The predicted molar refractivity (Wildman–Crippen MR) is 111 cm³/mol. The Morgan fingerprint density at radius 2 is 1.79 bits per heavy atom. The van der Waals surface area contributed by atoms with Crippen LogP contribution in [0, 0.1) is 11.3 Å². The molecule has 5 heteroatoms. The van der Waals surface area contributed by atoms with Crippen molar-refractivity contribution in [3.8, 4) is 6.07 Å². The van der Waals surface area contributed by atoms with E-state index in [1.54, 1.807) is 12.1 Å². The first-order valence-electron chi connectivity index (χ1n) is 9.70. The lowest BCUT2D eigenvalue weighted by Crippen LogP contribution is -2.42. The molecule has 4 rings (SSSR count). The van der Waals surface area contributed by atoms with Gasteiger partial charge in [-0.25, -0.2) is 0 Å². The number of nitrogens with zero attached hydrogens (tertiary/aromatic N) is 2. The second-order valence-corrected chi connectivity index (χ2v) is 7.76. The van der Waals surface area contributed by atoms with Crippen molar-refractivity contribution in [2.75, 3.05) is 11.9 Å². The molecule has 2 aromatic rings. The van der Waals surface area contributed by atoms with Crippen LogP contribution >= 0.6 is 11.6 Å². The smallest absolute Gasteiger partial charge is 0.251 e. The highest BCUT2D eigenvalue weighted by molar-refractivity contribution is 6.30. The summed E-state index contributed by atoms with van der Waals surface area (Å²) in [7, 11) is 0. The van der Waals surface area contributed by atoms with Gasteiger partial charge in [-0.15, -0.1) is 0 Å². The fraction of sp³-hybridized carbons (Fsp3) is 0.304. The molecule has 4 nitrogen and oxygen atoms in total. The fourth-order valence-corrected chi connectivity index (χ4v) is 4.17. The Bertz CT molecular complexity index is 941. The third-order valence-corrected chi connectivity index (χ3v) is 5.80. The maximum atomic E-state index is 13.1. The number of hydrogen-bond donors (Lipinski definition) is 1. The van der Waals surface area contributed by atoms with E-state index in [-0.39, 0.29) is 12.1 Å². The van der Waals surface area contributed by atoms with Crippen LogP contribution in [0.1, 0.15) is 36.8 Å². The molecule has 0 saturated carbocycles. The van der Waals surface area contributed by atoms with Crippen LogP contribution in [0.3, 0.4) is 0 Å². The van der Waals surface area contributed by atoms with Crippen LogP contribution in [0.15, 0.2) is 59.7 Å². The van der Waals surface area contributed by atoms with Crippen LogP contribution in [-0.2, 0) is 11.2 Å². The molecule has 0 fully saturated rings. The number of anilines is 1. The fourth-order valence-electron chi connectivity index (χ4n) is 4.05. The van der Waals surface area contributed by atoms with Gasteiger partial charge in [-0.1, -0.05) is 23.7 Å². The van der Waals surface area contributed by atoms with Crippen molar-refractivity contribution in [1.82, 2.24) is 4.90 Å². The Morgan fingerprint density at radius 3 is 2.50 bits per heavy atom. The van der Waals surface area contributed by atoms with E-state index in [2.05, 4.69) is 11.4 Å². The molecule has 142 valence electrons. The number of benzene rings is 2. The summed E-state index contributed by atoms with van der Waals surface area (Å²) in [6.07, 6.45) is 4.73. The Kier molecular flexibility index (Phi) is 5.36. The molecule has 1 aliphatic carbocycles. The van der Waals surface area contributed by atoms with Crippen molar-refractivity contribution in [3.63, 3.8) is 0 Å². The number of nitrogens with one attached hydrogen (secondary N) is 1. The van der Waals surface area contributed by atoms with Gasteiger partial charge in [0, 0.05) is 22.8 Å². The molecule has 2 aromatic carbocycles. The summed E-state index contributed by atoms with van der Waals surface area (Å²) >= 11 is 5.98. The number of hydrogen-bond acceptors (Lipinski definition) is 3. The molecule has 28 heavy (non-hydrogen) atoms. The third kappa shape index (κ3) is 3.76. The zero-order valence-corrected chi connectivity index (χ0v) is 16.4. The highest BCUT2D eigenvalue weighted by atomic mass is 35.5. The lowest BCUT2D eigenvalue weighted by Gasteiger charge is -2.29. The monoisotopic (exact) mass is 391 g/mol. The molecule has 0 saturated heterocycles. The van der Waals surface area contributed by atoms with E-state index >= 15 is 0 Å². The van der Waals surface area contributed by atoms with Crippen molar-refractivity contribution in [2.24, 2.45) is 0 Å². The van der Waals surface area contributed by atoms with Crippen LogP contribution in [0.2, 0.25) is 5.02 Å². The van der Waals surface area contributed by atoms with Gasteiger partial charge < -0.3 is 10.2 Å². The minimum atomic E-state index is -0.108. The van der Waals surface area contributed by atoms with Crippen LogP contribution in [0.25, 0.3) is 0 Å². The minimum absolute atomic E-state index is 0.108. The summed E-state index contributed by atoms with van der Waals surface area (Å²) in [6, 6.07) is 17.3. The van der Waals surface area contributed by atoms with Gasteiger partial charge in [-0.3, -0.25) is 4.79 Å². The largest absolute Gasteiger partial charge is 0.362 e. The number of nitriles is 1. The van der Waals surface area contributed by atoms with E-state index in [4.69, 9.17) is 16.9 Å². The Hall–Kier alpha value is -2.77. The van der Waals surface area contributed by atoms with Gasteiger partial charge in [0.1, 0.15) is 6.17 Å². The maximum absolute atomic E-state index is 13.1. The molecule has 0 unspecified atom stereocenters. The summed E-state index contributed by atoms with van der Waals surface area (Å²) in [5.74, 6) is 0.162. The summed E-state index contributed by atoms with van der Waals surface area (Å²) < 4.78 is 0. The molecule has 0 radical (unpaired) electrons. The number of rotatable bonds is 5. The van der Waals surface area contributed by atoms with Crippen molar-refractivity contribution in [3.05, 3.63) is 75.8 Å². The molecule has 1 heterocycles. The molecule has 1 aliphatic heterocycles. The van der Waals surface area contributed by atoms with Crippen molar-refractivity contribution in [2.45, 2.75) is 38.3 Å².